The van der Waals surface area contributed by atoms with Gasteiger partial charge in [-0.25, -0.2) is 12.7 Å². The number of hydrogen-bond acceptors (Lipinski definition) is 3. The van der Waals surface area contributed by atoms with Crippen molar-refractivity contribution in [3.05, 3.63) is 27.7 Å². The SMILES string of the molecule is Cc1cc(CO)cc(S(=O)(=O)N(C)CCC(F)(F)F)c1Br. The number of alkyl halides is 3. The van der Waals surface area contributed by atoms with E-state index in [-0.39, 0.29) is 16.0 Å². The third kappa shape index (κ3) is 4.67. The van der Waals surface area contributed by atoms with E-state index in [1.807, 2.05) is 0 Å². The van der Waals surface area contributed by atoms with Gasteiger partial charge in [-0.15, -0.1) is 0 Å². The normalized spacial score (nSPS) is 13.0. The standard InChI is InChI=1S/C12H15BrF3NO3S/c1-8-5-9(7-18)6-10(11(8)13)21(19,20)17(2)4-3-12(14,15)16/h5-6,18H,3-4,7H2,1-2H3. The fraction of sp³-hybridized carbons (Fsp3) is 0.500. The molecule has 0 aliphatic rings. The molecular formula is C12H15BrF3NO3S. The molecule has 1 aromatic carbocycles. The Labute approximate surface area is 129 Å². The van der Waals surface area contributed by atoms with Crippen LogP contribution in [0.2, 0.25) is 0 Å². The molecule has 0 radical (unpaired) electrons. The summed E-state index contributed by atoms with van der Waals surface area (Å²) < 4.78 is 62.2. The second-order valence-electron chi connectivity index (χ2n) is 4.57. The summed E-state index contributed by atoms with van der Waals surface area (Å²) >= 11 is 3.13. The molecule has 0 saturated heterocycles. The van der Waals surface area contributed by atoms with Crippen molar-refractivity contribution >= 4 is 26.0 Å². The van der Waals surface area contributed by atoms with E-state index >= 15 is 0 Å². The Morgan fingerprint density at radius 2 is 1.90 bits per heavy atom. The van der Waals surface area contributed by atoms with E-state index in [0.29, 0.717) is 15.4 Å². The Morgan fingerprint density at radius 3 is 2.38 bits per heavy atom. The van der Waals surface area contributed by atoms with Gasteiger partial charge >= 0.3 is 6.18 Å². The summed E-state index contributed by atoms with van der Waals surface area (Å²) in [4.78, 5) is -0.156. The third-order valence-corrected chi connectivity index (χ3v) is 6.06. The van der Waals surface area contributed by atoms with Gasteiger partial charge < -0.3 is 5.11 Å². The summed E-state index contributed by atoms with van der Waals surface area (Å²) in [6.45, 7) is 0.613. The van der Waals surface area contributed by atoms with Crippen LogP contribution in [-0.2, 0) is 16.6 Å². The van der Waals surface area contributed by atoms with Crippen LogP contribution in [0.5, 0.6) is 0 Å². The average Bonchev–Trinajstić information content (AvgIpc) is 2.37. The largest absolute Gasteiger partial charge is 0.392 e. The zero-order chi connectivity index (χ0) is 16.4. The van der Waals surface area contributed by atoms with Crippen molar-refractivity contribution in [3.8, 4) is 0 Å². The minimum atomic E-state index is -4.43. The van der Waals surface area contributed by atoms with E-state index in [4.69, 9.17) is 5.11 Å². The molecule has 1 rings (SSSR count). The Balaban J connectivity index is 3.16. The fourth-order valence-corrected chi connectivity index (χ4v) is 3.86. The van der Waals surface area contributed by atoms with Crippen LogP contribution in [0.1, 0.15) is 17.5 Å². The minimum absolute atomic E-state index is 0.156. The first kappa shape index (κ1) is 18.4. The van der Waals surface area contributed by atoms with Gasteiger partial charge in [0, 0.05) is 18.1 Å². The van der Waals surface area contributed by atoms with Crippen LogP contribution in [0.3, 0.4) is 0 Å². The molecule has 0 aromatic heterocycles. The summed E-state index contributed by atoms with van der Waals surface area (Å²) in [5.74, 6) is 0. The van der Waals surface area contributed by atoms with Crippen LogP contribution in [0.15, 0.2) is 21.5 Å². The summed E-state index contributed by atoms with van der Waals surface area (Å²) in [5.41, 5.74) is 0.947. The Bertz CT molecular complexity index is 617. The highest BCUT2D eigenvalue weighted by molar-refractivity contribution is 9.10. The molecule has 0 bridgehead atoms. The van der Waals surface area contributed by atoms with Crippen LogP contribution in [-0.4, -0.2) is 37.6 Å². The first-order chi connectivity index (χ1) is 9.49. The minimum Gasteiger partial charge on any atom is -0.392 e. The molecule has 0 fully saturated rings. The number of nitrogens with zero attached hydrogens (tertiary/aromatic N) is 1. The van der Waals surface area contributed by atoms with Gasteiger partial charge in [0.2, 0.25) is 10.0 Å². The van der Waals surface area contributed by atoms with Crippen molar-refractivity contribution < 1.29 is 26.7 Å². The molecule has 4 nitrogen and oxygen atoms in total. The lowest BCUT2D eigenvalue weighted by Gasteiger charge is -2.20. The Kier molecular flexibility index (Phi) is 5.82. The van der Waals surface area contributed by atoms with Crippen molar-refractivity contribution in [2.75, 3.05) is 13.6 Å². The van der Waals surface area contributed by atoms with Crippen LogP contribution < -0.4 is 0 Å². The summed E-state index contributed by atoms with van der Waals surface area (Å²) in [7, 11) is -2.98. The Hall–Kier alpha value is -0.640. The van der Waals surface area contributed by atoms with E-state index < -0.39 is 29.2 Å². The molecular weight excluding hydrogens is 375 g/mol. The van der Waals surface area contributed by atoms with E-state index in [1.54, 1.807) is 13.0 Å². The molecule has 0 saturated carbocycles. The number of aryl methyl sites for hydroxylation is 1. The van der Waals surface area contributed by atoms with Gasteiger partial charge in [-0.1, -0.05) is 6.07 Å². The molecule has 1 N–H and O–H groups in total. The molecule has 0 atom stereocenters. The lowest BCUT2D eigenvalue weighted by molar-refractivity contribution is -0.135. The van der Waals surface area contributed by atoms with E-state index in [1.165, 1.54) is 6.07 Å². The van der Waals surface area contributed by atoms with Crippen LogP contribution in [0.4, 0.5) is 13.2 Å². The zero-order valence-corrected chi connectivity index (χ0v) is 13.8. The van der Waals surface area contributed by atoms with Gasteiger partial charge in [-0.3, -0.25) is 0 Å². The summed E-state index contributed by atoms with van der Waals surface area (Å²) in [6, 6.07) is 2.84. The Morgan fingerprint density at radius 1 is 1.33 bits per heavy atom. The highest BCUT2D eigenvalue weighted by atomic mass is 79.9. The smallest absolute Gasteiger partial charge is 0.390 e. The van der Waals surface area contributed by atoms with E-state index in [2.05, 4.69) is 15.9 Å². The maximum absolute atomic E-state index is 12.3. The number of rotatable bonds is 5. The second-order valence-corrected chi connectivity index (χ2v) is 7.38. The molecule has 0 amide bonds. The van der Waals surface area contributed by atoms with E-state index in [0.717, 1.165) is 7.05 Å². The van der Waals surface area contributed by atoms with Crippen molar-refractivity contribution in [1.82, 2.24) is 4.31 Å². The van der Waals surface area contributed by atoms with Gasteiger partial charge in [0.25, 0.3) is 0 Å². The molecule has 1 aromatic rings. The molecule has 0 heterocycles. The topological polar surface area (TPSA) is 57.6 Å². The maximum atomic E-state index is 12.3. The maximum Gasteiger partial charge on any atom is 0.390 e. The van der Waals surface area contributed by atoms with Gasteiger partial charge in [-0.2, -0.15) is 13.2 Å². The zero-order valence-electron chi connectivity index (χ0n) is 11.4. The number of sulfonamides is 1. The molecule has 0 aliphatic carbocycles. The van der Waals surface area contributed by atoms with Crippen molar-refractivity contribution in [1.29, 1.82) is 0 Å². The number of halogens is 4. The lowest BCUT2D eigenvalue weighted by Crippen LogP contribution is -2.31. The molecule has 0 spiro atoms. The molecule has 0 aliphatic heterocycles. The molecule has 0 unspecified atom stereocenters. The average molecular weight is 390 g/mol. The fourth-order valence-electron chi connectivity index (χ4n) is 1.66. The molecule has 9 heteroatoms. The number of benzene rings is 1. The first-order valence-electron chi connectivity index (χ1n) is 5.92. The quantitative estimate of drug-likeness (QED) is 0.842. The van der Waals surface area contributed by atoms with Gasteiger partial charge in [0.15, 0.2) is 0 Å². The second kappa shape index (κ2) is 6.64. The number of aliphatic hydroxyl groups excluding tert-OH is 1. The molecule has 120 valence electrons. The number of hydrogen-bond donors (Lipinski definition) is 1. The third-order valence-electron chi connectivity index (χ3n) is 2.86. The van der Waals surface area contributed by atoms with Gasteiger partial charge in [-0.05, 0) is 40.0 Å². The van der Waals surface area contributed by atoms with Crippen molar-refractivity contribution in [2.24, 2.45) is 0 Å². The summed E-state index contributed by atoms with van der Waals surface area (Å²) in [5, 5.41) is 9.12. The number of aliphatic hydroxyl groups is 1. The van der Waals surface area contributed by atoms with E-state index in [9.17, 15) is 21.6 Å². The van der Waals surface area contributed by atoms with Crippen molar-refractivity contribution in [2.45, 2.75) is 31.0 Å². The highest BCUT2D eigenvalue weighted by Gasteiger charge is 2.31. The molecule has 21 heavy (non-hydrogen) atoms. The lowest BCUT2D eigenvalue weighted by atomic mass is 10.1. The predicted molar refractivity (Wildman–Crippen MR) is 75.3 cm³/mol. The predicted octanol–water partition coefficient (Wildman–Crippen LogP) is 2.82. The van der Waals surface area contributed by atoms with Crippen LogP contribution >= 0.6 is 15.9 Å². The first-order valence-corrected chi connectivity index (χ1v) is 8.15. The summed E-state index contributed by atoms with van der Waals surface area (Å²) in [6.07, 6.45) is -5.65. The van der Waals surface area contributed by atoms with Crippen LogP contribution in [0, 0.1) is 6.92 Å². The van der Waals surface area contributed by atoms with Crippen LogP contribution in [0.25, 0.3) is 0 Å². The van der Waals surface area contributed by atoms with Crippen molar-refractivity contribution in [3.63, 3.8) is 0 Å². The van der Waals surface area contributed by atoms with Gasteiger partial charge in [0.1, 0.15) is 0 Å². The highest BCUT2D eigenvalue weighted by Crippen LogP contribution is 2.30. The monoisotopic (exact) mass is 389 g/mol. The van der Waals surface area contributed by atoms with Gasteiger partial charge in [0.05, 0.1) is 17.9 Å².